The van der Waals surface area contributed by atoms with Crippen LogP contribution in [0, 0.1) is 0 Å². The van der Waals surface area contributed by atoms with E-state index in [-0.39, 0.29) is 0 Å². The molecule has 0 aromatic carbocycles. The predicted molar refractivity (Wildman–Crippen MR) is 51.3 cm³/mol. The van der Waals surface area contributed by atoms with Crippen molar-refractivity contribution in [1.29, 1.82) is 0 Å². The minimum Gasteiger partial charge on any atom is -0.370 e. The highest BCUT2D eigenvalue weighted by atomic mass is 16.5. The predicted octanol–water partition coefficient (Wildman–Crippen LogP) is 1.18. The van der Waals surface area contributed by atoms with E-state index in [1.54, 1.807) is 0 Å². The van der Waals surface area contributed by atoms with Gasteiger partial charge in [0.1, 0.15) is 13.1 Å². The maximum atomic E-state index is 11.0. The molecule has 13 heavy (non-hydrogen) atoms. The van der Waals surface area contributed by atoms with E-state index in [9.17, 15) is 4.79 Å². The van der Waals surface area contributed by atoms with Gasteiger partial charge in [-0.2, -0.15) is 0 Å². The Morgan fingerprint density at radius 3 is 2.54 bits per heavy atom. The van der Waals surface area contributed by atoms with Crippen LogP contribution in [0.5, 0.6) is 0 Å². The van der Waals surface area contributed by atoms with Crippen LogP contribution in [0.2, 0.25) is 0 Å². The van der Waals surface area contributed by atoms with E-state index in [1.165, 1.54) is 12.8 Å². The Hall–Kier alpha value is -0.410. The molecule has 0 N–H and O–H groups in total. The van der Waals surface area contributed by atoms with Crippen molar-refractivity contribution in [2.24, 2.45) is 0 Å². The molecular formula is C10H20NO2+. The van der Waals surface area contributed by atoms with E-state index in [0.717, 1.165) is 45.7 Å². The normalized spacial score (nSPS) is 21.3. The first-order valence-corrected chi connectivity index (χ1v) is 5.23. The molecule has 0 bridgehead atoms. The molecule has 1 aliphatic heterocycles. The Bertz CT molecular complexity index is 153. The quantitative estimate of drug-likeness (QED) is 0.366. The summed E-state index contributed by atoms with van der Waals surface area (Å²) in [4.78, 5) is 11.0. The van der Waals surface area contributed by atoms with Crippen molar-refractivity contribution in [1.82, 2.24) is 0 Å². The van der Waals surface area contributed by atoms with Crippen molar-refractivity contribution in [2.75, 3.05) is 32.8 Å². The zero-order valence-corrected chi connectivity index (χ0v) is 8.50. The second kappa shape index (κ2) is 5.35. The van der Waals surface area contributed by atoms with Crippen LogP contribution in [0.3, 0.4) is 0 Å². The summed E-state index contributed by atoms with van der Waals surface area (Å²) < 4.78 is 5.88. The Labute approximate surface area is 80.3 Å². The van der Waals surface area contributed by atoms with E-state index in [4.69, 9.17) is 4.74 Å². The fourth-order valence-corrected chi connectivity index (χ4v) is 1.76. The highest BCUT2D eigenvalue weighted by molar-refractivity contribution is 5.37. The van der Waals surface area contributed by atoms with Gasteiger partial charge < -0.3 is 4.74 Å². The molecule has 1 rings (SSSR count). The molecule has 1 saturated heterocycles. The van der Waals surface area contributed by atoms with Gasteiger partial charge in [0, 0.05) is 0 Å². The molecule has 0 atom stereocenters. The smallest absolute Gasteiger partial charge is 0.301 e. The van der Waals surface area contributed by atoms with Gasteiger partial charge in [-0.15, -0.1) is 0 Å². The topological polar surface area (TPSA) is 26.3 Å². The molecule has 0 unspecified atom stereocenters. The van der Waals surface area contributed by atoms with Crippen molar-refractivity contribution in [3.05, 3.63) is 0 Å². The zero-order chi connectivity index (χ0) is 9.57. The largest absolute Gasteiger partial charge is 0.370 e. The highest BCUT2D eigenvalue weighted by Crippen LogP contribution is 2.10. The van der Waals surface area contributed by atoms with Gasteiger partial charge >= 0.3 is 6.41 Å². The van der Waals surface area contributed by atoms with Gasteiger partial charge in [-0.1, -0.05) is 13.3 Å². The first-order chi connectivity index (χ1) is 6.33. The van der Waals surface area contributed by atoms with Gasteiger partial charge in [0.05, 0.1) is 19.8 Å². The van der Waals surface area contributed by atoms with Crippen LogP contribution in [0.15, 0.2) is 0 Å². The number of rotatable bonds is 5. The van der Waals surface area contributed by atoms with Crippen LogP contribution in [0.25, 0.3) is 0 Å². The lowest BCUT2D eigenvalue weighted by molar-refractivity contribution is -0.854. The lowest BCUT2D eigenvalue weighted by Crippen LogP contribution is -2.54. The number of nitrogens with zero attached hydrogens (tertiary/aromatic N) is 1. The first-order valence-electron chi connectivity index (χ1n) is 5.23. The van der Waals surface area contributed by atoms with Gasteiger partial charge in [-0.05, 0) is 12.8 Å². The number of hydrogen-bond acceptors (Lipinski definition) is 2. The van der Waals surface area contributed by atoms with Crippen LogP contribution >= 0.6 is 0 Å². The molecule has 3 heteroatoms. The number of carbonyl (C=O) groups excluding carboxylic acids is 1. The molecule has 0 radical (unpaired) electrons. The molecular weight excluding hydrogens is 166 g/mol. The van der Waals surface area contributed by atoms with Gasteiger partial charge in [0.15, 0.2) is 0 Å². The van der Waals surface area contributed by atoms with Gasteiger partial charge in [0.25, 0.3) is 0 Å². The molecule has 0 aliphatic carbocycles. The third kappa shape index (κ3) is 3.08. The molecule has 0 aromatic rings. The summed E-state index contributed by atoms with van der Waals surface area (Å²) in [5.41, 5.74) is 0. The summed E-state index contributed by atoms with van der Waals surface area (Å²) in [5, 5.41) is 0. The SMILES string of the molecule is CCCCC[N+]1(C=O)CCOCC1. The number of quaternary nitrogens is 1. The fourth-order valence-electron chi connectivity index (χ4n) is 1.76. The molecule has 0 spiro atoms. The molecule has 76 valence electrons. The number of carbonyl (C=O) groups is 1. The third-order valence-electron chi connectivity index (χ3n) is 2.79. The number of morpholine rings is 1. The number of hydrogen-bond donors (Lipinski definition) is 0. The van der Waals surface area contributed by atoms with Gasteiger partial charge in [0.2, 0.25) is 0 Å². The second-order valence-corrected chi connectivity index (χ2v) is 3.81. The molecule has 1 fully saturated rings. The van der Waals surface area contributed by atoms with E-state index >= 15 is 0 Å². The summed E-state index contributed by atoms with van der Waals surface area (Å²) in [6.07, 6.45) is 4.72. The lowest BCUT2D eigenvalue weighted by Gasteiger charge is -2.35. The van der Waals surface area contributed by atoms with Crippen LogP contribution in [-0.4, -0.2) is 43.7 Å². The van der Waals surface area contributed by atoms with Crippen molar-refractivity contribution in [2.45, 2.75) is 26.2 Å². The van der Waals surface area contributed by atoms with Gasteiger partial charge in [-0.3, -0.25) is 4.48 Å². The molecule has 1 amide bonds. The molecule has 1 aliphatic rings. The second-order valence-electron chi connectivity index (χ2n) is 3.81. The third-order valence-corrected chi connectivity index (χ3v) is 2.79. The number of ether oxygens (including phenoxy) is 1. The lowest BCUT2D eigenvalue weighted by atomic mass is 10.2. The molecule has 1 heterocycles. The van der Waals surface area contributed by atoms with Crippen molar-refractivity contribution < 1.29 is 14.0 Å². The van der Waals surface area contributed by atoms with Crippen LogP contribution in [0.4, 0.5) is 0 Å². The van der Waals surface area contributed by atoms with Crippen molar-refractivity contribution in [3.8, 4) is 0 Å². The minimum absolute atomic E-state index is 0.625. The Kier molecular flexibility index (Phi) is 4.39. The van der Waals surface area contributed by atoms with Crippen molar-refractivity contribution >= 4 is 6.41 Å². The average molecular weight is 186 g/mol. The van der Waals surface area contributed by atoms with Crippen LogP contribution in [-0.2, 0) is 9.53 Å². The summed E-state index contributed by atoms with van der Waals surface area (Å²) in [6.45, 7) is 6.40. The summed E-state index contributed by atoms with van der Waals surface area (Å²) in [7, 11) is 0. The van der Waals surface area contributed by atoms with E-state index in [2.05, 4.69) is 6.92 Å². The first kappa shape index (κ1) is 10.7. The standard InChI is InChI=1S/C10H20NO2/c1-2-3-4-5-11(10-12)6-8-13-9-7-11/h10H,2-9H2,1H3/q+1. The maximum absolute atomic E-state index is 11.0. The van der Waals surface area contributed by atoms with E-state index in [0.29, 0.717) is 4.48 Å². The van der Waals surface area contributed by atoms with Crippen LogP contribution < -0.4 is 0 Å². The fraction of sp³-hybridized carbons (Fsp3) is 0.900. The van der Waals surface area contributed by atoms with E-state index in [1.807, 2.05) is 0 Å². The monoisotopic (exact) mass is 186 g/mol. The van der Waals surface area contributed by atoms with Crippen molar-refractivity contribution in [3.63, 3.8) is 0 Å². The minimum atomic E-state index is 0.625. The average Bonchev–Trinajstić information content (AvgIpc) is 2.20. The molecule has 0 aromatic heterocycles. The number of unbranched alkanes of at least 4 members (excludes halogenated alkanes) is 2. The number of amides is 1. The Morgan fingerprint density at radius 2 is 2.00 bits per heavy atom. The van der Waals surface area contributed by atoms with E-state index < -0.39 is 0 Å². The highest BCUT2D eigenvalue weighted by Gasteiger charge is 2.29. The summed E-state index contributed by atoms with van der Waals surface area (Å²) >= 11 is 0. The summed E-state index contributed by atoms with van der Waals surface area (Å²) in [5.74, 6) is 0. The van der Waals surface area contributed by atoms with Gasteiger partial charge in [-0.25, -0.2) is 4.79 Å². The Balaban J connectivity index is 2.33. The molecule has 3 nitrogen and oxygen atoms in total. The Morgan fingerprint density at radius 1 is 1.31 bits per heavy atom. The maximum Gasteiger partial charge on any atom is 0.301 e. The molecule has 0 saturated carbocycles. The zero-order valence-electron chi connectivity index (χ0n) is 8.50. The summed E-state index contributed by atoms with van der Waals surface area (Å²) in [6, 6.07) is 0. The van der Waals surface area contributed by atoms with Crippen LogP contribution in [0.1, 0.15) is 26.2 Å².